The summed E-state index contributed by atoms with van der Waals surface area (Å²) >= 11 is 0. The van der Waals surface area contributed by atoms with Crippen molar-refractivity contribution in [2.45, 2.75) is 13.8 Å². The van der Waals surface area contributed by atoms with E-state index in [2.05, 4.69) is 11.2 Å². The Morgan fingerprint density at radius 1 is 1.14 bits per heavy atom. The molecule has 0 heterocycles. The largest absolute Gasteiger partial charge is 0.409 e. The standard InChI is InChI=1S/C16H18FN3O/c1-10-4-6-14(11(2)8-10)20(3)15-7-5-12(17)9-13(15)16(18)19-21/h4-9,21H,1-3H3,(H2,18,19). The van der Waals surface area contributed by atoms with Gasteiger partial charge in [0.1, 0.15) is 5.82 Å². The number of oxime groups is 1. The lowest BCUT2D eigenvalue weighted by molar-refractivity contribution is 0.318. The van der Waals surface area contributed by atoms with Crippen molar-refractivity contribution in [1.82, 2.24) is 0 Å². The van der Waals surface area contributed by atoms with Crippen LogP contribution in [0.25, 0.3) is 0 Å². The fourth-order valence-corrected chi connectivity index (χ4v) is 2.37. The zero-order chi connectivity index (χ0) is 15.6. The maximum Gasteiger partial charge on any atom is 0.172 e. The number of rotatable bonds is 3. The van der Waals surface area contributed by atoms with E-state index >= 15 is 0 Å². The molecule has 2 aromatic carbocycles. The first-order chi connectivity index (χ1) is 9.93. The first-order valence-corrected chi connectivity index (χ1v) is 6.52. The normalized spacial score (nSPS) is 11.5. The second-order valence-corrected chi connectivity index (χ2v) is 5.00. The number of amidine groups is 1. The maximum absolute atomic E-state index is 13.4. The van der Waals surface area contributed by atoms with Crippen molar-refractivity contribution >= 4 is 17.2 Å². The molecule has 4 nitrogen and oxygen atoms in total. The van der Waals surface area contributed by atoms with Crippen molar-refractivity contribution < 1.29 is 9.60 Å². The quantitative estimate of drug-likeness (QED) is 0.394. The van der Waals surface area contributed by atoms with Gasteiger partial charge in [-0.3, -0.25) is 0 Å². The number of anilines is 2. The van der Waals surface area contributed by atoms with Crippen LogP contribution in [0.5, 0.6) is 0 Å². The number of nitrogens with zero attached hydrogens (tertiary/aromatic N) is 2. The number of hydrogen-bond donors (Lipinski definition) is 2. The van der Waals surface area contributed by atoms with Gasteiger partial charge in [-0.15, -0.1) is 0 Å². The minimum Gasteiger partial charge on any atom is -0.409 e. The molecule has 0 aliphatic heterocycles. The summed E-state index contributed by atoms with van der Waals surface area (Å²) < 4.78 is 13.4. The fraction of sp³-hybridized carbons (Fsp3) is 0.188. The number of aryl methyl sites for hydroxylation is 2. The van der Waals surface area contributed by atoms with E-state index in [0.29, 0.717) is 11.3 Å². The van der Waals surface area contributed by atoms with Crippen LogP contribution in [0.2, 0.25) is 0 Å². The molecule has 0 saturated carbocycles. The number of nitrogens with two attached hydrogens (primary N) is 1. The first kappa shape index (κ1) is 14.8. The molecule has 0 spiro atoms. The summed E-state index contributed by atoms with van der Waals surface area (Å²) in [7, 11) is 1.86. The Labute approximate surface area is 123 Å². The highest BCUT2D eigenvalue weighted by molar-refractivity contribution is 6.03. The summed E-state index contributed by atoms with van der Waals surface area (Å²) in [6, 6.07) is 10.3. The van der Waals surface area contributed by atoms with Crippen LogP contribution in [-0.2, 0) is 0 Å². The lowest BCUT2D eigenvalue weighted by atomic mass is 10.1. The predicted molar refractivity (Wildman–Crippen MR) is 82.9 cm³/mol. The van der Waals surface area contributed by atoms with Gasteiger partial charge in [0, 0.05) is 18.3 Å². The molecule has 0 unspecified atom stereocenters. The lowest BCUT2D eigenvalue weighted by Gasteiger charge is -2.24. The molecule has 0 amide bonds. The summed E-state index contributed by atoms with van der Waals surface area (Å²) in [4.78, 5) is 1.89. The van der Waals surface area contributed by atoms with Gasteiger partial charge in [0.2, 0.25) is 0 Å². The van der Waals surface area contributed by atoms with Crippen LogP contribution in [0.3, 0.4) is 0 Å². The highest BCUT2D eigenvalue weighted by Crippen LogP contribution is 2.30. The summed E-state index contributed by atoms with van der Waals surface area (Å²) in [6.45, 7) is 4.03. The zero-order valence-corrected chi connectivity index (χ0v) is 12.3. The van der Waals surface area contributed by atoms with E-state index in [1.165, 1.54) is 17.7 Å². The smallest absolute Gasteiger partial charge is 0.172 e. The topological polar surface area (TPSA) is 61.8 Å². The van der Waals surface area contributed by atoms with Gasteiger partial charge in [-0.1, -0.05) is 22.9 Å². The molecule has 110 valence electrons. The van der Waals surface area contributed by atoms with E-state index in [0.717, 1.165) is 11.3 Å². The van der Waals surface area contributed by atoms with Gasteiger partial charge in [-0.2, -0.15) is 0 Å². The number of hydrogen-bond acceptors (Lipinski definition) is 3. The van der Waals surface area contributed by atoms with Crippen LogP contribution >= 0.6 is 0 Å². The average Bonchev–Trinajstić information content (AvgIpc) is 2.45. The Hall–Kier alpha value is -2.56. The molecule has 0 bridgehead atoms. The summed E-state index contributed by atoms with van der Waals surface area (Å²) in [5.74, 6) is -0.560. The van der Waals surface area contributed by atoms with Gasteiger partial charge in [-0.25, -0.2) is 4.39 Å². The molecular weight excluding hydrogens is 269 g/mol. The lowest BCUT2D eigenvalue weighted by Crippen LogP contribution is -2.20. The molecule has 2 rings (SSSR count). The van der Waals surface area contributed by atoms with Gasteiger partial charge in [0.15, 0.2) is 5.84 Å². The van der Waals surface area contributed by atoms with Gasteiger partial charge in [-0.05, 0) is 43.7 Å². The highest BCUT2D eigenvalue weighted by atomic mass is 19.1. The predicted octanol–water partition coefficient (Wildman–Crippen LogP) is 3.30. The molecule has 0 aromatic heterocycles. The minimum atomic E-state index is -0.436. The highest BCUT2D eigenvalue weighted by Gasteiger charge is 2.15. The van der Waals surface area contributed by atoms with Crippen LogP contribution < -0.4 is 10.6 Å². The van der Waals surface area contributed by atoms with Crippen molar-refractivity contribution in [3.8, 4) is 0 Å². The van der Waals surface area contributed by atoms with Gasteiger partial charge in [0.05, 0.1) is 5.69 Å². The molecule has 2 aromatic rings. The molecule has 3 N–H and O–H groups in total. The molecule has 0 aliphatic carbocycles. The van der Waals surface area contributed by atoms with E-state index in [-0.39, 0.29) is 5.84 Å². The second-order valence-electron chi connectivity index (χ2n) is 5.00. The second kappa shape index (κ2) is 5.83. The average molecular weight is 287 g/mol. The van der Waals surface area contributed by atoms with Crippen molar-refractivity contribution in [3.63, 3.8) is 0 Å². The molecule has 21 heavy (non-hydrogen) atoms. The third-order valence-corrected chi connectivity index (χ3v) is 3.42. The van der Waals surface area contributed by atoms with E-state index in [1.54, 1.807) is 6.07 Å². The van der Waals surface area contributed by atoms with E-state index in [9.17, 15) is 4.39 Å². The van der Waals surface area contributed by atoms with Gasteiger partial charge >= 0.3 is 0 Å². The molecular formula is C16H18FN3O. The van der Waals surface area contributed by atoms with Gasteiger partial charge in [0.25, 0.3) is 0 Å². The van der Waals surface area contributed by atoms with E-state index < -0.39 is 5.82 Å². The van der Waals surface area contributed by atoms with Crippen LogP contribution in [0.1, 0.15) is 16.7 Å². The summed E-state index contributed by atoms with van der Waals surface area (Å²) in [5, 5.41) is 11.8. The molecule has 5 heteroatoms. The number of halogens is 1. The molecule has 0 fully saturated rings. The first-order valence-electron chi connectivity index (χ1n) is 6.52. The van der Waals surface area contributed by atoms with Crippen LogP contribution in [0, 0.1) is 19.7 Å². The SMILES string of the molecule is Cc1ccc(N(C)c2ccc(F)cc2C(N)=NO)c(C)c1. The van der Waals surface area contributed by atoms with Crippen LogP contribution in [0.4, 0.5) is 15.8 Å². The van der Waals surface area contributed by atoms with Crippen molar-refractivity contribution in [1.29, 1.82) is 0 Å². The van der Waals surface area contributed by atoms with E-state index in [4.69, 9.17) is 10.9 Å². The summed E-state index contributed by atoms with van der Waals surface area (Å²) in [5.41, 5.74) is 9.89. The Kier molecular flexibility index (Phi) is 4.12. The zero-order valence-electron chi connectivity index (χ0n) is 12.3. The molecule has 0 atom stereocenters. The van der Waals surface area contributed by atoms with Crippen molar-refractivity contribution in [2.75, 3.05) is 11.9 Å². The fourth-order valence-electron chi connectivity index (χ4n) is 2.37. The summed E-state index contributed by atoms with van der Waals surface area (Å²) in [6.07, 6.45) is 0. The van der Waals surface area contributed by atoms with Crippen molar-refractivity contribution in [3.05, 3.63) is 58.9 Å². The van der Waals surface area contributed by atoms with Crippen molar-refractivity contribution in [2.24, 2.45) is 10.9 Å². The Morgan fingerprint density at radius 3 is 2.43 bits per heavy atom. The third-order valence-electron chi connectivity index (χ3n) is 3.42. The molecule has 0 saturated heterocycles. The number of benzene rings is 2. The Balaban J connectivity index is 2.55. The maximum atomic E-state index is 13.4. The van der Waals surface area contributed by atoms with E-state index in [1.807, 2.05) is 37.9 Å². The molecule has 0 radical (unpaired) electrons. The third kappa shape index (κ3) is 2.97. The van der Waals surface area contributed by atoms with Crippen LogP contribution in [-0.4, -0.2) is 18.1 Å². The Bertz CT molecular complexity index is 698. The van der Waals surface area contributed by atoms with Gasteiger partial charge < -0.3 is 15.8 Å². The molecule has 0 aliphatic rings. The van der Waals surface area contributed by atoms with Crippen LogP contribution in [0.15, 0.2) is 41.6 Å². The Morgan fingerprint density at radius 2 is 1.81 bits per heavy atom. The minimum absolute atomic E-state index is 0.124. The monoisotopic (exact) mass is 287 g/mol.